The molecule has 0 aliphatic carbocycles. The van der Waals surface area contributed by atoms with Crippen LogP contribution in [0.1, 0.15) is 12.8 Å². The highest BCUT2D eigenvalue weighted by molar-refractivity contribution is 5.38. The second-order valence-electron chi connectivity index (χ2n) is 4.10. The van der Waals surface area contributed by atoms with Crippen molar-refractivity contribution >= 4 is 5.82 Å². The summed E-state index contributed by atoms with van der Waals surface area (Å²) in [5, 5.41) is 0. The van der Waals surface area contributed by atoms with Crippen LogP contribution in [-0.4, -0.2) is 36.7 Å². The number of rotatable bonds is 4. The van der Waals surface area contributed by atoms with E-state index in [1.165, 1.54) is 6.42 Å². The molecule has 1 aromatic heterocycles. The summed E-state index contributed by atoms with van der Waals surface area (Å²) >= 11 is 0. The smallest absolute Gasteiger partial charge is 0.233 e. The van der Waals surface area contributed by atoms with Gasteiger partial charge in [0.2, 0.25) is 5.88 Å². The van der Waals surface area contributed by atoms with Gasteiger partial charge in [-0.2, -0.15) is 4.98 Å². The zero-order chi connectivity index (χ0) is 11.4. The summed E-state index contributed by atoms with van der Waals surface area (Å²) in [6, 6.07) is 0. The molecule has 1 fully saturated rings. The van der Waals surface area contributed by atoms with Gasteiger partial charge in [-0.1, -0.05) is 0 Å². The third-order valence-electron chi connectivity index (χ3n) is 2.99. The van der Waals surface area contributed by atoms with E-state index in [2.05, 4.69) is 14.9 Å². The molecule has 1 saturated heterocycles. The molecule has 16 heavy (non-hydrogen) atoms. The van der Waals surface area contributed by atoms with Gasteiger partial charge in [0.15, 0.2) is 5.82 Å². The summed E-state index contributed by atoms with van der Waals surface area (Å²) < 4.78 is 5.07. The van der Waals surface area contributed by atoms with E-state index in [0.717, 1.165) is 31.9 Å². The Morgan fingerprint density at radius 1 is 1.56 bits per heavy atom. The Morgan fingerprint density at radius 2 is 2.44 bits per heavy atom. The number of hydrogen-bond acceptors (Lipinski definition) is 5. The van der Waals surface area contributed by atoms with E-state index in [4.69, 9.17) is 10.5 Å². The average Bonchev–Trinajstić information content (AvgIpc) is 2.78. The van der Waals surface area contributed by atoms with E-state index in [9.17, 15) is 0 Å². The van der Waals surface area contributed by atoms with Gasteiger partial charge >= 0.3 is 0 Å². The number of nitrogens with zero attached hydrogens (tertiary/aromatic N) is 3. The Hall–Kier alpha value is -1.36. The van der Waals surface area contributed by atoms with E-state index in [-0.39, 0.29) is 0 Å². The number of hydrogen-bond donors (Lipinski definition) is 1. The van der Waals surface area contributed by atoms with Crippen LogP contribution in [0.2, 0.25) is 0 Å². The fraction of sp³-hybridized carbons (Fsp3) is 0.636. The lowest BCUT2D eigenvalue weighted by molar-refractivity contribution is 0.395. The number of ether oxygens (including phenoxy) is 1. The number of anilines is 1. The maximum atomic E-state index is 5.57. The van der Waals surface area contributed by atoms with Gasteiger partial charge in [0.1, 0.15) is 0 Å². The molecule has 1 atom stereocenters. The Kier molecular flexibility index (Phi) is 3.56. The van der Waals surface area contributed by atoms with Gasteiger partial charge in [-0.25, -0.2) is 0 Å². The monoisotopic (exact) mass is 222 g/mol. The van der Waals surface area contributed by atoms with Gasteiger partial charge in [0, 0.05) is 13.1 Å². The van der Waals surface area contributed by atoms with Crippen LogP contribution in [0, 0.1) is 5.92 Å². The minimum atomic E-state index is 0.569. The Bertz CT molecular complexity index is 345. The molecule has 2 rings (SSSR count). The molecule has 1 unspecified atom stereocenters. The average molecular weight is 222 g/mol. The van der Waals surface area contributed by atoms with E-state index in [1.54, 1.807) is 19.5 Å². The van der Waals surface area contributed by atoms with E-state index in [0.29, 0.717) is 11.8 Å². The molecule has 5 nitrogen and oxygen atoms in total. The molecule has 0 spiro atoms. The largest absolute Gasteiger partial charge is 0.480 e. The predicted molar refractivity (Wildman–Crippen MR) is 62.6 cm³/mol. The van der Waals surface area contributed by atoms with E-state index < -0.39 is 0 Å². The summed E-state index contributed by atoms with van der Waals surface area (Å²) in [5.41, 5.74) is 5.57. The van der Waals surface area contributed by atoms with Crippen LogP contribution in [0.4, 0.5) is 5.82 Å². The highest BCUT2D eigenvalue weighted by Crippen LogP contribution is 2.24. The van der Waals surface area contributed by atoms with Crippen LogP contribution in [0.3, 0.4) is 0 Å². The lowest BCUT2D eigenvalue weighted by atomic mass is 10.1. The Labute approximate surface area is 95.6 Å². The van der Waals surface area contributed by atoms with Gasteiger partial charge < -0.3 is 15.4 Å². The SMILES string of the molecule is COc1cncc(N2CCC(CCN)C2)n1. The van der Waals surface area contributed by atoms with Crippen molar-refractivity contribution < 1.29 is 4.74 Å². The summed E-state index contributed by atoms with van der Waals surface area (Å²) in [7, 11) is 1.61. The van der Waals surface area contributed by atoms with Gasteiger partial charge in [-0.05, 0) is 25.3 Å². The van der Waals surface area contributed by atoms with Crippen LogP contribution < -0.4 is 15.4 Å². The first-order valence-electron chi connectivity index (χ1n) is 5.64. The van der Waals surface area contributed by atoms with E-state index >= 15 is 0 Å². The minimum absolute atomic E-state index is 0.569. The van der Waals surface area contributed by atoms with Crippen molar-refractivity contribution in [3.63, 3.8) is 0 Å². The fourth-order valence-corrected chi connectivity index (χ4v) is 2.10. The van der Waals surface area contributed by atoms with Crippen LogP contribution in [-0.2, 0) is 0 Å². The first kappa shape index (κ1) is 11.1. The normalized spacial score (nSPS) is 20.1. The third kappa shape index (κ3) is 2.41. The predicted octanol–water partition coefficient (Wildman–Crippen LogP) is 0.660. The summed E-state index contributed by atoms with van der Waals surface area (Å²) in [4.78, 5) is 10.7. The number of methoxy groups -OCH3 is 1. The van der Waals surface area contributed by atoms with Crippen molar-refractivity contribution in [1.29, 1.82) is 0 Å². The third-order valence-corrected chi connectivity index (χ3v) is 2.99. The highest BCUT2D eigenvalue weighted by Gasteiger charge is 2.23. The topological polar surface area (TPSA) is 64.3 Å². The quantitative estimate of drug-likeness (QED) is 0.810. The number of aromatic nitrogens is 2. The second-order valence-corrected chi connectivity index (χ2v) is 4.10. The minimum Gasteiger partial charge on any atom is -0.480 e. The summed E-state index contributed by atoms with van der Waals surface area (Å²) in [6.07, 6.45) is 5.69. The van der Waals surface area contributed by atoms with Gasteiger partial charge in [-0.3, -0.25) is 4.98 Å². The van der Waals surface area contributed by atoms with Crippen molar-refractivity contribution in [1.82, 2.24) is 9.97 Å². The van der Waals surface area contributed by atoms with Crippen LogP contribution in [0.15, 0.2) is 12.4 Å². The van der Waals surface area contributed by atoms with Crippen molar-refractivity contribution in [3.05, 3.63) is 12.4 Å². The molecule has 0 aromatic carbocycles. The maximum Gasteiger partial charge on any atom is 0.233 e. The van der Waals surface area contributed by atoms with Crippen LogP contribution in [0.25, 0.3) is 0 Å². The summed E-state index contributed by atoms with van der Waals surface area (Å²) in [5.74, 6) is 2.16. The molecule has 88 valence electrons. The van der Waals surface area contributed by atoms with Crippen molar-refractivity contribution in [2.24, 2.45) is 11.7 Å². The molecular formula is C11H18N4O. The molecule has 0 amide bonds. The van der Waals surface area contributed by atoms with Crippen molar-refractivity contribution in [3.8, 4) is 5.88 Å². The molecule has 1 aliphatic rings. The van der Waals surface area contributed by atoms with Crippen molar-refractivity contribution in [2.75, 3.05) is 31.6 Å². The molecule has 0 radical (unpaired) electrons. The lowest BCUT2D eigenvalue weighted by Crippen LogP contribution is -2.21. The molecule has 1 aromatic rings. The maximum absolute atomic E-state index is 5.57. The molecule has 2 heterocycles. The molecule has 0 bridgehead atoms. The molecule has 1 aliphatic heterocycles. The summed E-state index contributed by atoms with van der Waals surface area (Å²) in [6.45, 7) is 2.83. The first-order chi connectivity index (χ1) is 7.83. The van der Waals surface area contributed by atoms with E-state index in [1.807, 2.05) is 0 Å². The Morgan fingerprint density at radius 3 is 3.19 bits per heavy atom. The standard InChI is InChI=1S/C11H18N4O/c1-16-11-7-13-6-10(14-11)15-5-3-9(8-15)2-4-12/h6-7,9H,2-5,8,12H2,1H3. The Balaban J connectivity index is 2.02. The van der Waals surface area contributed by atoms with Crippen molar-refractivity contribution in [2.45, 2.75) is 12.8 Å². The first-order valence-corrected chi connectivity index (χ1v) is 5.64. The van der Waals surface area contributed by atoms with Gasteiger partial charge in [0.25, 0.3) is 0 Å². The zero-order valence-electron chi connectivity index (χ0n) is 9.59. The molecule has 2 N–H and O–H groups in total. The van der Waals surface area contributed by atoms with Crippen LogP contribution >= 0.6 is 0 Å². The zero-order valence-corrected chi connectivity index (χ0v) is 9.59. The molecule has 5 heteroatoms. The number of nitrogens with two attached hydrogens (primary N) is 1. The molecular weight excluding hydrogens is 204 g/mol. The highest BCUT2D eigenvalue weighted by atomic mass is 16.5. The second kappa shape index (κ2) is 5.12. The van der Waals surface area contributed by atoms with Gasteiger partial charge in [0.05, 0.1) is 19.5 Å². The van der Waals surface area contributed by atoms with Gasteiger partial charge in [-0.15, -0.1) is 0 Å². The molecule has 0 saturated carbocycles. The fourth-order valence-electron chi connectivity index (χ4n) is 2.10. The lowest BCUT2D eigenvalue weighted by Gasteiger charge is -2.17. The van der Waals surface area contributed by atoms with Crippen LogP contribution in [0.5, 0.6) is 5.88 Å².